The largest absolute Gasteiger partial charge is 0.339 e. The Labute approximate surface area is 108 Å². The Kier molecular flexibility index (Phi) is 3.46. The van der Waals surface area contributed by atoms with Crippen molar-refractivity contribution in [3.05, 3.63) is 51.6 Å². The van der Waals surface area contributed by atoms with Gasteiger partial charge in [-0.1, -0.05) is 17.7 Å². The summed E-state index contributed by atoms with van der Waals surface area (Å²) in [5.74, 6) is 0.774. The number of aromatic nitrogens is 1. The second-order valence-electron chi connectivity index (χ2n) is 3.47. The van der Waals surface area contributed by atoms with E-state index in [1.54, 1.807) is 12.3 Å². The topological polar surface area (TPSA) is 24.9 Å². The van der Waals surface area contributed by atoms with Crippen LogP contribution in [0.2, 0.25) is 5.02 Å². The minimum atomic E-state index is 0.633. The molecule has 1 heterocycles. The van der Waals surface area contributed by atoms with Crippen LogP contribution in [0.4, 0.5) is 11.5 Å². The van der Waals surface area contributed by atoms with Crippen molar-refractivity contribution in [2.75, 3.05) is 5.32 Å². The molecule has 2 rings (SSSR count). The molecule has 0 aliphatic rings. The Bertz CT molecular complexity index is 497. The molecule has 2 nitrogen and oxygen atoms in total. The molecule has 0 unspecified atom stereocenters. The average molecular weight is 298 g/mol. The van der Waals surface area contributed by atoms with Gasteiger partial charge in [0, 0.05) is 10.7 Å². The molecule has 0 saturated carbocycles. The summed E-state index contributed by atoms with van der Waals surface area (Å²) in [6.45, 7) is 2.05. The van der Waals surface area contributed by atoms with Crippen LogP contribution in [0.5, 0.6) is 0 Å². The van der Waals surface area contributed by atoms with Gasteiger partial charge < -0.3 is 5.32 Å². The summed E-state index contributed by atoms with van der Waals surface area (Å²) in [6, 6.07) is 9.76. The lowest BCUT2D eigenvalue weighted by Gasteiger charge is -2.08. The van der Waals surface area contributed by atoms with E-state index in [0.717, 1.165) is 16.0 Å². The maximum atomic E-state index is 5.77. The van der Waals surface area contributed by atoms with Crippen LogP contribution in [-0.2, 0) is 0 Å². The first kappa shape index (κ1) is 11.4. The number of rotatable bonds is 2. The molecular weight excluding hydrogens is 288 g/mol. The van der Waals surface area contributed by atoms with Gasteiger partial charge in [0.15, 0.2) is 0 Å². The van der Waals surface area contributed by atoms with E-state index in [1.807, 2.05) is 25.1 Å². The molecule has 0 radical (unpaired) electrons. The zero-order valence-electron chi connectivity index (χ0n) is 8.67. The highest BCUT2D eigenvalue weighted by Gasteiger charge is 2.01. The van der Waals surface area contributed by atoms with E-state index in [-0.39, 0.29) is 0 Å². The average Bonchev–Trinajstić information content (AvgIpc) is 2.27. The van der Waals surface area contributed by atoms with E-state index in [9.17, 15) is 0 Å². The smallest absolute Gasteiger partial charge is 0.130 e. The number of hydrogen-bond acceptors (Lipinski definition) is 2. The van der Waals surface area contributed by atoms with Gasteiger partial charge in [0.25, 0.3) is 0 Å². The monoisotopic (exact) mass is 296 g/mol. The SMILES string of the molecule is Cc1ccc(Br)c(Nc2ccc(Cl)cn2)c1. The van der Waals surface area contributed by atoms with Crippen molar-refractivity contribution >= 4 is 39.0 Å². The quantitative estimate of drug-likeness (QED) is 0.879. The van der Waals surface area contributed by atoms with Crippen molar-refractivity contribution < 1.29 is 0 Å². The van der Waals surface area contributed by atoms with E-state index in [4.69, 9.17) is 11.6 Å². The molecule has 0 amide bonds. The number of nitrogens with zero attached hydrogens (tertiary/aromatic N) is 1. The Hall–Kier alpha value is -1.06. The maximum Gasteiger partial charge on any atom is 0.130 e. The van der Waals surface area contributed by atoms with E-state index < -0.39 is 0 Å². The van der Waals surface area contributed by atoms with Crippen LogP contribution in [0.15, 0.2) is 41.0 Å². The second-order valence-corrected chi connectivity index (χ2v) is 4.76. The van der Waals surface area contributed by atoms with Gasteiger partial charge in [-0.15, -0.1) is 0 Å². The van der Waals surface area contributed by atoms with Crippen molar-refractivity contribution in [3.63, 3.8) is 0 Å². The molecule has 82 valence electrons. The Morgan fingerprint density at radius 3 is 2.75 bits per heavy atom. The predicted octanol–water partition coefficient (Wildman–Crippen LogP) is 4.55. The standard InChI is InChI=1S/C12H10BrClN2/c1-8-2-4-10(13)11(6-8)16-12-5-3-9(14)7-15-12/h2-7H,1H3,(H,15,16). The van der Waals surface area contributed by atoms with Crippen LogP contribution in [0, 0.1) is 6.92 Å². The molecule has 0 atom stereocenters. The van der Waals surface area contributed by atoms with Crippen molar-refractivity contribution in [2.24, 2.45) is 0 Å². The Morgan fingerprint density at radius 2 is 2.06 bits per heavy atom. The molecule has 0 aliphatic heterocycles. The Morgan fingerprint density at radius 1 is 1.25 bits per heavy atom. The first-order valence-corrected chi connectivity index (χ1v) is 5.97. The fraction of sp³-hybridized carbons (Fsp3) is 0.0833. The fourth-order valence-corrected chi connectivity index (χ4v) is 1.78. The third kappa shape index (κ3) is 2.74. The van der Waals surface area contributed by atoms with Gasteiger partial charge in [-0.3, -0.25) is 0 Å². The van der Waals surface area contributed by atoms with Crippen molar-refractivity contribution in [1.82, 2.24) is 4.98 Å². The zero-order chi connectivity index (χ0) is 11.5. The third-order valence-electron chi connectivity index (χ3n) is 2.11. The lowest BCUT2D eigenvalue weighted by molar-refractivity contribution is 1.30. The third-order valence-corrected chi connectivity index (χ3v) is 3.03. The molecule has 16 heavy (non-hydrogen) atoms. The predicted molar refractivity (Wildman–Crippen MR) is 71.4 cm³/mol. The summed E-state index contributed by atoms with van der Waals surface area (Å²) in [5.41, 5.74) is 2.19. The molecule has 1 aromatic carbocycles. The van der Waals surface area contributed by atoms with Gasteiger partial charge >= 0.3 is 0 Å². The molecule has 0 aliphatic carbocycles. The van der Waals surface area contributed by atoms with Crippen LogP contribution in [-0.4, -0.2) is 4.98 Å². The fourth-order valence-electron chi connectivity index (χ4n) is 1.32. The molecule has 4 heteroatoms. The number of nitrogens with one attached hydrogen (secondary N) is 1. The van der Waals surface area contributed by atoms with Crippen LogP contribution in [0.3, 0.4) is 0 Å². The van der Waals surface area contributed by atoms with Gasteiger partial charge in [0.05, 0.1) is 10.7 Å². The normalized spacial score (nSPS) is 10.2. The van der Waals surface area contributed by atoms with Crippen molar-refractivity contribution in [3.8, 4) is 0 Å². The van der Waals surface area contributed by atoms with Gasteiger partial charge in [-0.2, -0.15) is 0 Å². The summed E-state index contributed by atoms with van der Waals surface area (Å²) in [6.07, 6.45) is 1.62. The van der Waals surface area contributed by atoms with Crippen LogP contribution >= 0.6 is 27.5 Å². The molecular formula is C12H10BrClN2. The summed E-state index contributed by atoms with van der Waals surface area (Å²) in [5, 5.41) is 3.86. The highest BCUT2D eigenvalue weighted by molar-refractivity contribution is 9.10. The highest BCUT2D eigenvalue weighted by atomic mass is 79.9. The summed E-state index contributed by atoms with van der Waals surface area (Å²) >= 11 is 9.26. The molecule has 2 aromatic rings. The summed E-state index contributed by atoms with van der Waals surface area (Å²) in [4.78, 5) is 4.18. The lowest BCUT2D eigenvalue weighted by atomic mass is 10.2. The number of pyridine rings is 1. The molecule has 1 aromatic heterocycles. The first-order chi connectivity index (χ1) is 7.65. The van der Waals surface area contributed by atoms with E-state index in [1.165, 1.54) is 5.56 Å². The van der Waals surface area contributed by atoms with Crippen LogP contribution < -0.4 is 5.32 Å². The van der Waals surface area contributed by atoms with Crippen molar-refractivity contribution in [2.45, 2.75) is 6.92 Å². The van der Waals surface area contributed by atoms with E-state index >= 15 is 0 Å². The second kappa shape index (κ2) is 4.85. The van der Waals surface area contributed by atoms with Gasteiger partial charge in [0.1, 0.15) is 5.82 Å². The number of benzene rings is 1. The molecule has 0 fully saturated rings. The number of anilines is 2. The molecule has 1 N–H and O–H groups in total. The minimum absolute atomic E-state index is 0.633. The first-order valence-electron chi connectivity index (χ1n) is 4.80. The van der Waals surface area contributed by atoms with E-state index in [2.05, 4.69) is 32.3 Å². The Balaban J connectivity index is 2.26. The lowest BCUT2D eigenvalue weighted by Crippen LogP contribution is -1.94. The maximum absolute atomic E-state index is 5.77. The summed E-state index contributed by atoms with van der Waals surface area (Å²) < 4.78 is 1.01. The minimum Gasteiger partial charge on any atom is -0.339 e. The number of aryl methyl sites for hydroxylation is 1. The highest BCUT2D eigenvalue weighted by Crippen LogP contribution is 2.26. The molecule has 0 bridgehead atoms. The van der Waals surface area contributed by atoms with Crippen molar-refractivity contribution in [1.29, 1.82) is 0 Å². The molecule has 0 spiro atoms. The van der Waals surface area contributed by atoms with Crippen LogP contribution in [0.25, 0.3) is 0 Å². The van der Waals surface area contributed by atoms with Gasteiger partial charge in [-0.25, -0.2) is 4.98 Å². The zero-order valence-corrected chi connectivity index (χ0v) is 11.0. The van der Waals surface area contributed by atoms with Gasteiger partial charge in [0.2, 0.25) is 0 Å². The van der Waals surface area contributed by atoms with Crippen LogP contribution in [0.1, 0.15) is 5.56 Å². The summed E-state index contributed by atoms with van der Waals surface area (Å²) in [7, 11) is 0. The van der Waals surface area contributed by atoms with Gasteiger partial charge in [-0.05, 0) is 52.7 Å². The number of hydrogen-bond donors (Lipinski definition) is 1. The van der Waals surface area contributed by atoms with E-state index in [0.29, 0.717) is 5.02 Å². The molecule has 0 saturated heterocycles. The number of halogens is 2.